The fraction of sp³-hybridized carbons (Fsp3) is 0.278. The van der Waals surface area contributed by atoms with Crippen molar-refractivity contribution in [2.24, 2.45) is 0 Å². The van der Waals surface area contributed by atoms with E-state index in [4.69, 9.17) is 11.6 Å². The Morgan fingerprint density at radius 1 is 1.18 bits per heavy atom. The van der Waals surface area contributed by atoms with E-state index in [0.717, 1.165) is 28.9 Å². The zero-order chi connectivity index (χ0) is 15.9. The predicted molar refractivity (Wildman–Crippen MR) is 93.7 cm³/mol. The summed E-state index contributed by atoms with van der Waals surface area (Å²) in [5.74, 6) is 0.0125. The van der Waals surface area contributed by atoms with Crippen molar-refractivity contribution >= 4 is 28.9 Å². The summed E-state index contributed by atoms with van der Waals surface area (Å²) in [5.41, 5.74) is 4.12. The fourth-order valence-corrected chi connectivity index (χ4v) is 2.51. The van der Waals surface area contributed by atoms with E-state index in [-0.39, 0.29) is 5.91 Å². The van der Waals surface area contributed by atoms with Crippen LogP contribution in [-0.4, -0.2) is 12.5 Å². The van der Waals surface area contributed by atoms with Crippen molar-refractivity contribution in [3.8, 4) is 0 Å². The lowest BCUT2D eigenvalue weighted by molar-refractivity contribution is -0.115. The van der Waals surface area contributed by atoms with E-state index < -0.39 is 0 Å². The molecule has 0 atom stereocenters. The number of halogens is 1. The fourth-order valence-electron chi connectivity index (χ4n) is 2.32. The number of carbonyl (C=O) groups is 1. The third-order valence-corrected chi connectivity index (χ3v) is 3.75. The predicted octanol–water partition coefficient (Wildman–Crippen LogP) is 4.65. The maximum atomic E-state index is 12.1. The van der Waals surface area contributed by atoms with Crippen LogP contribution in [0.4, 0.5) is 11.4 Å². The van der Waals surface area contributed by atoms with Crippen LogP contribution in [0.25, 0.3) is 0 Å². The summed E-state index contributed by atoms with van der Waals surface area (Å²) in [7, 11) is 0. The molecule has 0 saturated heterocycles. The molecule has 0 heterocycles. The molecule has 1 amide bonds. The van der Waals surface area contributed by atoms with Crippen LogP contribution in [0, 0.1) is 6.92 Å². The van der Waals surface area contributed by atoms with Crippen LogP contribution in [-0.2, 0) is 11.2 Å². The molecule has 0 aliphatic rings. The minimum atomic E-state index is 0.0125. The van der Waals surface area contributed by atoms with Crippen molar-refractivity contribution in [2.75, 3.05) is 17.2 Å². The Morgan fingerprint density at radius 2 is 1.95 bits per heavy atom. The van der Waals surface area contributed by atoms with Crippen molar-refractivity contribution in [3.05, 3.63) is 58.6 Å². The van der Waals surface area contributed by atoms with Gasteiger partial charge in [0.15, 0.2) is 0 Å². The monoisotopic (exact) mass is 316 g/mol. The first-order valence-corrected chi connectivity index (χ1v) is 7.85. The molecule has 2 aromatic carbocycles. The molecule has 2 N–H and O–H groups in total. The molecule has 2 aromatic rings. The normalized spacial score (nSPS) is 10.3. The van der Waals surface area contributed by atoms with E-state index in [9.17, 15) is 4.79 Å². The summed E-state index contributed by atoms with van der Waals surface area (Å²) in [6, 6.07) is 13.6. The Balaban J connectivity index is 1.89. The van der Waals surface area contributed by atoms with Crippen LogP contribution in [0.1, 0.15) is 24.5 Å². The van der Waals surface area contributed by atoms with Crippen molar-refractivity contribution in [3.63, 3.8) is 0 Å². The molecule has 22 heavy (non-hydrogen) atoms. The summed E-state index contributed by atoms with van der Waals surface area (Å²) in [6.07, 6.45) is 1.31. The van der Waals surface area contributed by atoms with E-state index in [1.807, 2.05) is 49.4 Å². The Kier molecular flexibility index (Phi) is 5.84. The quantitative estimate of drug-likeness (QED) is 0.814. The van der Waals surface area contributed by atoms with Gasteiger partial charge < -0.3 is 10.6 Å². The number of hydrogen-bond donors (Lipinski definition) is 2. The van der Waals surface area contributed by atoms with Crippen molar-refractivity contribution in [1.29, 1.82) is 0 Å². The molecule has 0 saturated carbocycles. The van der Waals surface area contributed by atoms with E-state index >= 15 is 0 Å². The van der Waals surface area contributed by atoms with Gasteiger partial charge in [-0.15, -0.1) is 0 Å². The Bertz CT molecular complexity index is 655. The summed E-state index contributed by atoms with van der Waals surface area (Å²) in [6.45, 7) is 4.67. The zero-order valence-corrected chi connectivity index (χ0v) is 13.7. The molecule has 0 unspecified atom stereocenters. The molecule has 0 aromatic heterocycles. The Labute approximate surface area is 136 Å². The molecule has 0 aliphatic heterocycles. The second kappa shape index (κ2) is 7.85. The van der Waals surface area contributed by atoms with Gasteiger partial charge in [-0.1, -0.05) is 42.8 Å². The van der Waals surface area contributed by atoms with E-state index in [1.165, 1.54) is 0 Å². The van der Waals surface area contributed by atoms with E-state index in [2.05, 4.69) is 17.6 Å². The van der Waals surface area contributed by atoms with Crippen LogP contribution >= 0.6 is 11.6 Å². The second-order valence-corrected chi connectivity index (χ2v) is 5.63. The van der Waals surface area contributed by atoms with Gasteiger partial charge in [0.2, 0.25) is 5.91 Å². The lowest BCUT2D eigenvalue weighted by atomic mass is 10.1. The lowest BCUT2D eigenvalue weighted by Gasteiger charge is -2.13. The molecule has 0 spiro atoms. The maximum absolute atomic E-state index is 12.1. The molecule has 116 valence electrons. The summed E-state index contributed by atoms with van der Waals surface area (Å²) < 4.78 is 0. The van der Waals surface area contributed by atoms with Crippen molar-refractivity contribution in [1.82, 2.24) is 0 Å². The number of anilines is 2. The van der Waals surface area contributed by atoms with Crippen LogP contribution in [0.2, 0.25) is 5.02 Å². The van der Waals surface area contributed by atoms with Crippen LogP contribution in [0.5, 0.6) is 0 Å². The van der Waals surface area contributed by atoms with Crippen LogP contribution < -0.4 is 10.6 Å². The highest BCUT2D eigenvalue weighted by Crippen LogP contribution is 2.21. The highest BCUT2D eigenvalue weighted by Gasteiger charge is 2.08. The van der Waals surface area contributed by atoms with Gasteiger partial charge in [0, 0.05) is 29.4 Å². The van der Waals surface area contributed by atoms with Crippen LogP contribution in [0.15, 0.2) is 42.5 Å². The highest BCUT2D eigenvalue weighted by molar-refractivity contribution is 6.30. The topological polar surface area (TPSA) is 41.1 Å². The third kappa shape index (κ3) is 4.50. The van der Waals surface area contributed by atoms with Gasteiger partial charge in [0.05, 0.1) is 0 Å². The van der Waals surface area contributed by atoms with Gasteiger partial charge in [-0.2, -0.15) is 0 Å². The summed E-state index contributed by atoms with van der Waals surface area (Å²) in [4.78, 5) is 12.1. The molecular formula is C18H21ClN2O. The standard InChI is InChI=1S/C18H21ClN2O/c1-3-14-7-4-6-13(2)18(14)21-17(22)10-11-20-16-9-5-8-15(19)12-16/h4-9,12,20H,3,10-11H2,1-2H3,(H,21,22). The molecule has 3 nitrogen and oxygen atoms in total. The number of rotatable bonds is 6. The Morgan fingerprint density at radius 3 is 2.68 bits per heavy atom. The number of hydrogen-bond acceptors (Lipinski definition) is 2. The second-order valence-electron chi connectivity index (χ2n) is 5.20. The molecule has 2 rings (SSSR count). The first-order valence-electron chi connectivity index (χ1n) is 7.48. The van der Waals surface area contributed by atoms with E-state index in [0.29, 0.717) is 18.0 Å². The number of amides is 1. The average Bonchev–Trinajstić information content (AvgIpc) is 2.49. The zero-order valence-electron chi connectivity index (χ0n) is 12.9. The number of aryl methyl sites for hydroxylation is 2. The number of nitrogens with one attached hydrogen (secondary N) is 2. The molecule has 4 heteroatoms. The first kappa shape index (κ1) is 16.4. The molecule has 0 bridgehead atoms. The first-order chi connectivity index (χ1) is 10.6. The third-order valence-electron chi connectivity index (χ3n) is 3.51. The number of carbonyl (C=O) groups excluding carboxylic acids is 1. The molecule has 0 aliphatic carbocycles. The highest BCUT2D eigenvalue weighted by atomic mass is 35.5. The number of para-hydroxylation sites is 1. The minimum absolute atomic E-state index is 0.0125. The van der Waals surface area contributed by atoms with Gasteiger partial charge >= 0.3 is 0 Å². The molecule has 0 fully saturated rings. The molecular weight excluding hydrogens is 296 g/mol. The van der Waals surface area contributed by atoms with Gasteiger partial charge in [0.1, 0.15) is 0 Å². The van der Waals surface area contributed by atoms with Crippen LogP contribution in [0.3, 0.4) is 0 Å². The van der Waals surface area contributed by atoms with Gasteiger partial charge in [0.25, 0.3) is 0 Å². The molecule has 0 radical (unpaired) electrons. The Hall–Kier alpha value is -2.00. The van der Waals surface area contributed by atoms with E-state index in [1.54, 1.807) is 0 Å². The number of benzene rings is 2. The average molecular weight is 317 g/mol. The lowest BCUT2D eigenvalue weighted by Crippen LogP contribution is -2.17. The minimum Gasteiger partial charge on any atom is -0.384 e. The maximum Gasteiger partial charge on any atom is 0.226 e. The summed E-state index contributed by atoms with van der Waals surface area (Å²) >= 11 is 5.93. The van der Waals surface area contributed by atoms with Crippen molar-refractivity contribution in [2.45, 2.75) is 26.7 Å². The van der Waals surface area contributed by atoms with Crippen molar-refractivity contribution < 1.29 is 4.79 Å². The summed E-state index contributed by atoms with van der Waals surface area (Å²) in [5, 5.41) is 6.90. The largest absolute Gasteiger partial charge is 0.384 e. The van der Waals surface area contributed by atoms with Gasteiger partial charge in [-0.05, 0) is 42.7 Å². The smallest absolute Gasteiger partial charge is 0.226 e. The SMILES string of the molecule is CCc1cccc(C)c1NC(=O)CCNc1cccc(Cl)c1. The van der Waals surface area contributed by atoms with Gasteiger partial charge in [-0.3, -0.25) is 4.79 Å². The van der Waals surface area contributed by atoms with Gasteiger partial charge in [-0.25, -0.2) is 0 Å².